The van der Waals surface area contributed by atoms with Gasteiger partial charge < -0.3 is 5.11 Å². The van der Waals surface area contributed by atoms with Crippen molar-refractivity contribution in [3.63, 3.8) is 0 Å². The van der Waals surface area contributed by atoms with E-state index in [0.717, 1.165) is 35.4 Å². The van der Waals surface area contributed by atoms with Gasteiger partial charge in [0.2, 0.25) is 0 Å². The van der Waals surface area contributed by atoms with Crippen LogP contribution in [0.25, 0.3) is 11.3 Å². The van der Waals surface area contributed by atoms with Crippen molar-refractivity contribution in [3.8, 4) is 17.3 Å². The van der Waals surface area contributed by atoms with E-state index in [-0.39, 0.29) is 29.4 Å². The van der Waals surface area contributed by atoms with E-state index in [1.54, 1.807) is 0 Å². The summed E-state index contributed by atoms with van der Waals surface area (Å²) in [5, 5.41) is 25.4. The number of benzene rings is 1. The number of fused-ring (bicyclic) bond motifs is 3. The summed E-state index contributed by atoms with van der Waals surface area (Å²) in [5.74, 6) is 0.378. The van der Waals surface area contributed by atoms with E-state index in [1.807, 2.05) is 48.0 Å². The zero-order chi connectivity index (χ0) is 22.0. The van der Waals surface area contributed by atoms with Crippen molar-refractivity contribution < 1.29 is 13.5 Å². The lowest BCUT2D eigenvalue weighted by Crippen LogP contribution is -2.48. The molecule has 0 spiro atoms. The van der Waals surface area contributed by atoms with Crippen LogP contribution in [-0.4, -0.2) is 40.9 Å². The SMILES string of the molecule is C[C@H]1C(O)C(C#N)=C[C@@]2(C)c3c(c(-c4ccccc4)nn3C3CCS(=O)(=O)C3)CC[C@H]12. The zero-order valence-electron chi connectivity index (χ0n) is 17.8. The topological polar surface area (TPSA) is 96.0 Å². The number of nitrogens with zero attached hydrogens (tertiary/aromatic N) is 3. The van der Waals surface area contributed by atoms with Crippen LogP contribution in [0.3, 0.4) is 0 Å². The summed E-state index contributed by atoms with van der Waals surface area (Å²) in [5.41, 5.74) is 4.01. The fourth-order valence-corrected chi connectivity index (χ4v) is 7.80. The van der Waals surface area contributed by atoms with Crippen molar-refractivity contribution >= 4 is 9.84 Å². The molecule has 6 nitrogen and oxygen atoms in total. The molecule has 1 saturated heterocycles. The largest absolute Gasteiger partial charge is 0.387 e. The number of nitriles is 1. The van der Waals surface area contributed by atoms with Crippen molar-refractivity contribution in [2.24, 2.45) is 11.8 Å². The number of aliphatic hydroxyl groups is 1. The highest BCUT2D eigenvalue weighted by Gasteiger charge is 2.51. The van der Waals surface area contributed by atoms with Crippen LogP contribution in [0.2, 0.25) is 0 Å². The Labute approximate surface area is 183 Å². The Balaban J connectivity index is 1.76. The lowest BCUT2D eigenvalue weighted by Gasteiger charge is -2.48. The molecule has 1 aromatic carbocycles. The Kier molecular flexibility index (Phi) is 4.65. The smallest absolute Gasteiger partial charge is 0.152 e. The van der Waals surface area contributed by atoms with Gasteiger partial charge >= 0.3 is 0 Å². The number of aromatic nitrogens is 2. The molecule has 1 fully saturated rings. The van der Waals surface area contributed by atoms with Gasteiger partial charge in [0.1, 0.15) is 0 Å². The van der Waals surface area contributed by atoms with E-state index in [0.29, 0.717) is 12.0 Å². The van der Waals surface area contributed by atoms with Crippen molar-refractivity contribution in [1.29, 1.82) is 5.26 Å². The average molecular weight is 438 g/mol. The third kappa shape index (κ3) is 3.07. The Morgan fingerprint density at radius 1 is 1.26 bits per heavy atom. The first-order valence-corrected chi connectivity index (χ1v) is 12.8. The highest BCUT2D eigenvalue weighted by atomic mass is 32.2. The fourth-order valence-electron chi connectivity index (χ4n) is 6.11. The molecule has 1 aromatic heterocycles. The third-order valence-corrected chi connectivity index (χ3v) is 9.38. The molecule has 2 aromatic rings. The molecule has 0 radical (unpaired) electrons. The minimum Gasteiger partial charge on any atom is -0.387 e. The van der Waals surface area contributed by atoms with Crippen LogP contribution in [0.5, 0.6) is 0 Å². The molecule has 0 saturated carbocycles. The van der Waals surface area contributed by atoms with Crippen LogP contribution >= 0.6 is 0 Å². The van der Waals surface area contributed by atoms with E-state index in [4.69, 9.17) is 5.10 Å². The quantitative estimate of drug-likeness (QED) is 0.778. The third-order valence-electron chi connectivity index (χ3n) is 7.63. The lowest BCUT2D eigenvalue weighted by atomic mass is 9.57. The van der Waals surface area contributed by atoms with E-state index in [1.165, 1.54) is 0 Å². The number of rotatable bonds is 2. The van der Waals surface area contributed by atoms with Crippen molar-refractivity contribution in [2.45, 2.75) is 50.7 Å². The van der Waals surface area contributed by atoms with Gasteiger partial charge in [-0.1, -0.05) is 50.3 Å². The summed E-state index contributed by atoms with van der Waals surface area (Å²) in [6.07, 6.45) is 3.44. The van der Waals surface area contributed by atoms with Gasteiger partial charge in [-0.15, -0.1) is 0 Å². The monoisotopic (exact) mass is 437 g/mol. The fraction of sp³-hybridized carbons (Fsp3) is 0.500. The maximum atomic E-state index is 12.3. The van der Waals surface area contributed by atoms with E-state index < -0.39 is 21.4 Å². The molecule has 1 N–H and O–H groups in total. The molecule has 0 bridgehead atoms. The molecule has 2 heterocycles. The van der Waals surface area contributed by atoms with Gasteiger partial charge in [-0.25, -0.2) is 8.42 Å². The highest BCUT2D eigenvalue weighted by Crippen LogP contribution is 2.53. The Morgan fingerprint density at radius 2 is 2.00 bits per heavy atom. The van der Waals surface area contributed by atoms with Gasteiger partial charge in [-0.3, -0.25) is 4.68 Å². The molecule has 162 valence electrons. The van der Waals surface area contributed by atoms with Gasteiger partial charge in [-0.2, -0.15) is 10.4 Å². The summed E-state index contributed by atoms with van der Waals surface area (Å²) in [6, 6.07) is 12.0. The van der Waals surface area contributed by atoms with Gasteiger partial charge in [-0.05, 0) is 31.1 Å². The first kappa shape index (κ1) is 20.5. The van der Waals surface area contributed by atoms with Gasteiger partial charge in [0.05, 0.1) is 46.7 Å². The minimum absolute atomic E-state index is 0.0614. The second kappa shape index (κ2) is 7.04. The molecule has 5 rings (SSSR count). The van der Waals surface area contributed by atoms with Crippen molar-refractivity contribution in [2.75, 3.05) is 11.5 Å². The van der Waals surface area contributed by atoms with Crippen LogP contribution in [0.15, 0.2) is 42.0 Å². The molecule has 2 aliphatic carbocycles. The van der Waals surface area contributed by atoms with E-state index in [9.17, 15) is 18.8 Å². The summed E-state index contributed by atoms with van der Waals surface area (Å²) in [6.45, 7) is 4.15. The maximum absolute atomic E-state index is 12.3. The van der Waals surface area contributed by atoms with Crippen LogP contribution in [0.4, 0.5) is 0 Å². The van der Waals surface area contributed by atoms with Gasteiger partial charge in [0.25, 0.3) is 0 Å². The number of aliphatic hydroxyl groups excluding tert-OH is 1. The van der Waals surface area contributed by atoms with E-state index in [2.05, 4.69) is 13.0 Å². The summed E-state index contributed by atoms with van der Waals surface area (Å²) in [7, 11) is -3.08. The number of hydrogen-bond donors (Lipinski definition) is 1. The van der Waals surface area contributed by atoms with Crippen LogP contribution in [-0.2, 0) is 21.7 Å². The van der Waals surface area contributed by atoms with Crippen LogP contribution in [0, 0.1) is 23.2 Å². The van der Waals surface area contributed by atoms with Crippen molar-refractivity contribution in [1.82, 2.24) is 9.78 Å². The molecule has 31 heavy (non-hydrogen) atoms. The molecular weight excluding hydrogens is 410 g/mol. The van der Waals surface area contributed by atoms with Gasteiger partial charge in [0.15, 0.2) is 9.84 Å². The Morgan fingerprint density at radius 3 is 2.65 bits per heavy atom. The zero-order valence-corrected chi connectivity index (χ0v) is 18.6. The predicted molar refractivity (Wildman–Crippen MR) is 118 cm³/mol. The second-order valence-electron chi connectivity index (χ2n) is 9.49. The number of hydrogen-bond acceptors (Lipinski definition) is 5. The molecular formula is C24H27N3O3S. The molecule has 3 aliphatic rings. The van der Waals surface area contributed by atoms with Crippen molar-refractivity contribution in [3.05, 3.63) is 53.2 Å². The maximum Gasteiger partial charge on any atom is 0.152 e. The molecule has 5 atom stereocenters. The first-order chi connectivity index (χ1) is 14.7. The summed E-state index contributed by atoms with van der Waals surface area (Å²) >= 11 is 0. The Hall–Kier alpha value is -2.43. The summed E-state index contributed by atoms with van der Waals surface area (Å²) in [4.78, 5) is 0. The summed E-state index contributed by atoms with van der Waals surface area (Å²) < 4.78 is 26.5. The number of allylic oxidation sites excluding steroid dienone is 1. The van der Waals surface area contributed by atoms with Crippen LogP contribution < -0.4 is 0 Å². The molecule has 7 heteroatoms. The minimum atomic E-state index is -3.08. The second-order valence-corrected chi connectivity index (χ2v) is 11.7. The first-order valence-electron chi connectivity index (χ1n) is 10.9. The van der Waals surface area contributed by atoms with Gasteiger partial charge in [0, 0.05) is 16.5 Å². The molecule has 1 aliphatic heterocycles. The van der Waals surface area contributed by atoms with Crippen LogP contribution in [0.1, 0.15) is 44.0 Å². The van der Waals surface area contributed by atoms with E-state index >= 15 is 0 Å². The normalized spacial score (nSPS) is 33.8. The standard InChI is InChI=1S/C24H27N3O3S/c1-15-20-9-8-19-21(16-6-4-3-5-7-16)26-27(18-10-11-31(29,30)14-18)23(19)24(20,2)12-17(13-25)22(15)28/h3-7,12,15,18,20,22,28H,8-11,14H2,1-2H3/t15-,18?,20-,22?,24-/m1/s1. The predicted octanol–water partition coefficient (Wildman–Crippen LogP) is 3.19. The average Bonchev–Trinajstić information content (AvgIpc) is 3.32. The lowest BCUT2D eigenvalue weighted by molar-refractivity contribution is 0.0651. The molecule has 0 amide bonds. The number of sulfone groups is 1. The highest BCUT2D eigenvalue weighted by molar-refractivity contribution is 7.91. The Bertz CT molecular complexity index is 1210. The molecule has 2 unspecified atom stereocenters.